The molecular formula is C14H29N3O2. The van der Waals surface area contributed by atoms with Crippen LogP contribution in [0.4, 0.5) is 0 Å². The van der Waals surface area contributed by atoms with Crippen molar-refractivity contribution in [3.05, 3.63) is 0 Å². The molecule has 0 aromatic rings. The highest BCUT2D eigenvalue weighted by molar-refractivity contribution is 5.83. The minimum Gasteiger partial charge on any atom is -0.359 e. The normalized spacial score (nSPS) is 14.6. The summed E-state index contributed by atoms with van der Waals surface area (Å²) in [4.78, 5) is 23.5. The molecule has 0 heterocycles. The van der Waals surface area contributed by atoms with Crippen molar-refractivity contribution >= 4 is 11.8 Å². The fourth-order valence-electron chi connectivity index (χ4n) is 1.78. The molecular weight excluding hydrogens is 242 g/mol. The van der Waals surface area contributed by atoms with Crippen LogP contribution in [-0.2, 0) is 9.59 Å². The van der Waals surface area contributed by atoms with Gasteiger partial charge in [-0.15, -0.1) is 0 Å². The predicted octanol–water partition coefficient (Wildman–Crippen LogP) is 1.03. The zero-order valence-corrected chi connectivity index (χ0v) is 12.9. The number of nitrogens with one attached hydrogen (secondary N) is 2. The van der Waals surface area contributed by atoms with Gasteiger partial charge >= 0.3 is 0 Å². The fourth-order valence-corrected chi connectivity index (χ4v) is 1.78. The number of nitrogens with two attached hydrogens (primary N) is 1. The third-order valence-electron chi connectivity index (χ3n) is 3.29. The topological polar surface area (TPSA) is 84.2 Å². The van der Waals surface area contributed by atoms with Gasteiger partial charge in [0.2, 0.25) is 11.8 Å². The zero-order valence-electron chi connectivity index (χ0n) is 12.9. The molecule has 19 heavy (non-hydrogen) atoms. The van der Waals surface area contributed by atoms with Crippen LogP contribution in [0.3, 0.4) is 0 Å². The average molecular weight is 271 g/mol. The van der Waals surface area contributed by atoms with Crippen LogP contribution in [0.25, 0.3) is 0 Å². The van der Waals surface area contributed by atoms with Crippen LogP contribution in [0.1, 0.15) is 47.0 Å². The highest BCUT2D eigenvalue weighted by Crippen LogP contribution is 2.14. The van der Waals surface area contributed by atoms with Crippen molar-refractivity contribution in [2.24, 2.45) is 17.1 Å². The number of rotatable bonds is 8. The summed E-state index contributed by atoms with van der Waals surface area (Å²) >= 11 is 0. The van der Waals surface area contributed by atoms with E-state index in [0.717, 1.165) is 19.3 Å². The van der Waals surface area contributed by atoms with Gasteiger partial charge in [0.25, 0.3) is 0 Å². The maximum Gasteiger partial charge on any atom is 0.227 e. The quantitative estimate of drug-likeness (QED) is 0.616. The van der Waals surface area contributed by atoms with Gasteiger partial charge in [-0.25, -0.2) is 0 Å². The Hall–Kier alpha value is -1.10. The van der Waals surface area contributed by atoms with Crippen LogP contribution in [0, 0.1) is 11.3 Å². The molecule has 0 saturated carbocycles. The van der Waals surface area contributed by atoms with E-state index in [1.807, 2.05) is 27.7 Å². The van der Waals surface area contributed by atoms with E-state index in [1.165, 1.54) is 0 Å². The molecule has 0 aliphatic heterocycles. The number of amides is 2. The molecule has 0 aromatic carbocycles. The maximum absolute atomic E-state index is 11.9. The summed E-state index contributed by atoms with van der Waals surface area (Å²) < 4.78 is 0. The van der Waals surface area contributed by atoms with E-state index < -0.39 is 5.41 Å². The molecule has 0 radical (unpaired) electrons. The highest BCUT2D eigenvalue weighted by atomic mass is 16.2. The van der Waals surface area contributed by atoms with E-state index in [0.29, 0.717) is 6.54 Å². The Morgan fingerprint density at radius 1 is 1.21 bits per heavy atom. The summed E-state index contributed by atoms with van der Waals surface area (Å²) in [5.74, 6) is -0.113. The van der Waals surface area contributed by atoms with Crippen LogP contribution in [0.5, 0.6) is 0 Å². The number of hydrogen-bond donors (Lipinski definition) is 3. The van der Waals surface area contributed by atoms with Gasteiger partial charge in [-0.2, -0.15) is 0 Å². The summed E-state index contributed by atoms with van der Waals surface area (Å²) in [6, 6.07) is 0.183. The first-order valence-corrected chi connectivity index (χ1v) is 6.96. The molecule has 0 spiro atoms. The van der Waals surface area contributed by atoms with Gasteiger partial charge in [0, 0.05) is 25.6 Å². The Balaban J connectivity index is 4.06. The molecule has 0 aliphatic rings. The summed E-state index contributed by atoms with van der Waals surface area (Å²) in [7, 11) is 1.60. The van der Waals surface area contributed by atoms with Gasteiger partial charge < -0.3 is 16.4 Å². The molecule has 0 fully saturated rings. The second kappa shape index (κ2) is 8.15. The third kappa shape index (κ3) is 7.15. The monoisotopic (exact) mass is 271 g/mol. The summed E-state index contributed by atoms with van der Waals surface area (Å²) in [6.45, 7) is 7.85. The molecule has 5 heteroatoms. The van der Waals surface area contributed by atoms with E-state index in [4.69, 9.17) is 5.73 Å². The van der Waals surface area contributed by atoms with Crippen molar-refractivity contribution < 1.29 is 9.59 Å². The predicted molar refractivity (Wildman–Crippen MR) is 77.5 cm³/mol. The Kier molecular flexibility index (Phi) is 7.68. The lowest BCUT2D eigenvalue weighted by Crippen LogP contribution is -2.44. The van der Waals surface area contributed by atoms with Gasteiger partial charge in [-0.3, -0.25) is 9.59 Å². The van der Waals surface area contributed by atoms with E-state index in [2.05, 4.69) is 10.6 Å². The van der Waals surface area contributed by atoms with Crippen molar-refractivity contribution in [1.29, 1.82) is 0 Å². The smallest absolute Gasteiger partial charge is 0.227 e. The Labute approximate surface area is 116 Å². The number of carbonyl (C=O) groups excluding carboxylic acids is 2. The lowest BCUT2D eigenvalue weighted by Gasteiger charge is -2.24. The molecule has 0 saturated heterocycles. The van der Waals surface area contributed by atoms with Gasteiger partial charge in [0.05, 0.1) is 5.41 Å². The van der Waals surface area contributed by atoms with Crippen molar-refractivity contribution in [3.63, 3.8) is 0 Å². The van der Waals surface area contributed by atoms with Crippen LogP contribution in [0.2, 0.25) is 0 Å². The molecule has 0 rings (SSSR count). The molecule has 112 valence electrons. The average Bonchev–Trinajstić information content (AvgIpc) is 2.34. The van der Waals surface area contributed by atoms with Gasteiger partial charge in [-0.1, -0.05) is 13.3 Å². The number of carbonyl (C=O) groups is 2. The maximum atomic E-state index is 11.9. The van der Waals surface area contributed by atoms with Crippen molar-refractivity contribution in [2.45, 2.75) is 53.0 Å². The molecule has 0 aliphatic carbocycles. The molecule has 4 N–H and O–H groups in total. The Morgan fingerprint density at radius 3 is 2.26 bits per heavy atom. The minimum absolute atomic E-state index is 0.00153. The lowest BCUT2D eigenvalue weighted by molar-refractivity contribution is -0.130. The first kappa shape index (κ1) is 17.9. The second-order valence-electron chi connectivity index (χ2n) is 5.99. The summed E-state index contributed by atoms with van der Waals surface area (Å²) in [5, 5.41) is 5.45. The first-order chi connectivity index (χ1) is 8.70. The SMILES string of the molecule is CNC(=O)C(C)(C)CNC(=O)C(C)CCCC(C)N. The van der Waals surface area contributed by atoms with Crippen molar-refractivity contribution in [2.75, 3.05) is 13.6 Å². The van der Waals surface area contributed by atoms with E-state index in [9.17, 15) is 9.59 Å². The van der Waals surface area contributed by atoms with Gasteiger partial charge in [0.15, 0.2) is 0 Å². The van der Waals surface area contributed by atoms with E-state index in [1.54, 1.807) is 7.05 Å². The second-order valence-corrected chi connectivity index (χ2v) is 5.99. The van der Waals surface area contributed by atoms with Gasteiger partial charge in [0.1, 0.15) is 0 Å². The summed E-state index contributed by atoms with van der Waals surface area (Å²) in [6.07, 6.45) is 2.71. The summed E-state index contributed by atoms with van der Waals surface area (Å²) in [5.41, 5.74) is 5.09. The first-order valence-electron chi connectivity index (χ1n) is 6.96. The van der Waals surface area contributed by atoms with Crippen LogP contribution >= 0.6 is 0 Å². The standard InChI is InChI=1S/C14H29N3O2/c1-10(7-6-8-11(2)15)12(18)17-9-14(3,4)13(19)16-5/h10-11H,6-9,15H2,1-5H3,(H,16,19)(H,17,18). The lowest BCUT2D eigenvalue weighted by atomic mass is 9.92. The molecule has 2 atom stereocenters. The molecule has 5 nitrogen and oxygen atoms in total. The molecule has 0 bridgehead atoms. The minimum atomic E-state index is -0.587. The van der Waals surface area contributed by atoms with Crippen LogP contribution in [0.15, 0.2) is 0 Å². The van der Waals surface area contributed by atoms with Crippen molar-refractivity contribution in [1.82, 2.24) is 10.6 Å². The molecule has 2 unspecified atom stereocenters. The van der Waals surface area contributed by atoms with E-state index in [-0.39, 0.29) is 23.8 Å². The van der Waals surface area contributed by atoms with Crippen LogP contribution in [-0.4, -0.2) is 31.4 Å². The fraction of sp³-hybridized carbons (Fsp3) is 0.857. The number of hydrogen-bond acceptors (Lipinski definition) is 3. The molecule has 0 aromatic heterocycles. The Bertz CT molecular complexity index is 301. The van der Waals surface area contributed by atoms with Gasteiger partial charge in [-0.05, 0) is 33.6 Å². The molecule has 2 amide bonds. The third-order valence-corrected chi connectivity index (χ3v) is 3.29. The van der Waals surface area contributed by atoms with Crippen LogP contribution < -0.4 is 16.4 Å². The largest absolute Gasteiger partial charge is 0.359 e. The zero-order chi connectivity index (χ0) is 15.1. The Morgan fingerprint density at radius 2 is 1.79 bits per heavy atom. The van der Waals surface area contributed by atoms with E-state index >= 15 is 0 Å². The van der Waals surface area contributed by atoms with Crippen molar-refractivity contribution in [3.8, 4) is 0 Å². The highest BCUT2D eigenvalue weighted by Gasteiger charge is 2.27.